The summed E-state index contributed by atoms with van der Waals surface area (Å²) in [5.41, 5.74) is 2.83. The Morgan fingerprint density at radius 2 is 2.10 bits per heavy atom. The highest BCUT2D eigenvalue weighted by Gasteiger charge is 2.02. The van der Waals surface area contributed by atoms with Gasteiger partial charge in [0, 0.05) is 25.5 Å². The van der Waals surface area contributed by atoms with Crippen molar-refractivity contribution in [1.82, 2.24) is 14.7 Å². The lowest BCUT2D eigenvalue weighted by Gasteiger charge is -2.04. The lowest BCUT2D eigenvalue weighted by Crippen LogP contribution is -2.12. The minimum Gasteiger partial charge on any atom is -0.307 e. The molecule has 0 spiro atoms. The van der Waals surface area contributed by atoms with Crippen molar-refractivity contribution in [2.24, 2.45) is 0 Å². The van der Waals surface area contributed by atoms with Gasteiger partial charge in [0.2, 0.25) is 0 Å². The van der Waals surface area contributed by atoms with Crippen LogP contribution in [0.1, 0.15) is 11.3 Å². The van der Waals surface area contributed by atoms with Crippen molar-refractivity contribution < 1.29 is 4.39 Å². The van der Waals surface area contributed by atoms with Crippen molar-refractivity contribution in [1.29, 1.82) is 0 Å². The second-order valence-electron chi connectivity index (χ2n) is 4.55. The van der Waals surface area contributed by atoms with Crippen molar-refractivity contribution in [2.45, 2.75) is 13.1 Å². The predicted molar refractivity (Wildman–Crippen MR) is 77.1 cm³/mol. The molecule has 0 aliphatic heterocycles. The van der Waals surface area contributed by atoms with Gasteiger partial charge < -0.3 is 9.72 Å². The normalized spacial score (nSPS) is 11.1. The molecule has 3 rings (SSSR count). The van der Waals surface area contributed by atoms with Crippen molar-refractivity contribution in [2.75, 3.05) is 0 Å². The summed E-state index contributed by atoms with van der Waals surface area (Å²) in [4.78, 5) is 4.49. The van der Waals surface area contributed by atoms with Gasteiger partial charge in [0.1, 0.15) is 11.5 Å². The van der Waals surface area contributed by atoms with E-state index in [9.17, 15) is 4.39 Å². The van der Waals surface area contributed by atoms with E-state index in [0.29, 0.717) is 13.1 Å². The Balaban J connectivity index is 1.63. The van der Waals surface area contributed by atoms with Gasteiger partial charge in [-0.15, -0.1) is 0 Å². The first-order valence-electron chi connectivity index (χ1n) is 6.29. The Morgan fingerprint density at radius 3 is 2.90 bits per heavy atom. The van der Waals surface area contributed by atoms with E-state index < -0.39 is 5.82 Å². The van der Waals surface area contributed by atoms with Crippen LogP contribution in [-0.2, 0) is 13.1 Å². The molecule has 3 nitrogen and oxygen atoms in total. The van der Waals surface area contributed by atoms with Gasteiger partial charge in [-0.25, -0.2) is 9.37 Å². The summed E-state index contributed by atoms with van der Waals surface area (Å²) in [6.07, 6.45) is 3.95. The molecule has 0 saturated heterocycles. The lowest BCUT2D eigenvalue weighted by atomic mass is 10.2. The third-order valence-corrected chi connectivity index (χ3v) is 3.32. The Bertz CT molecular complexity index is 706. The van der Waals surface area contributed by atoms with E-state index in [-0.39, 0.29) is 5.02 Å². The van der Waals surface area contributed by atoms with E-state index in [4.69, 9.17) is 11.6 Å². The van der Waals surface area contributed by atoms with Crippen molar-refractivity contribution >= 4 is 17.2 Å². The summed E-state index contributed by atoms with van der Waals surface area (Å²) in [7, 11) is 0. The van der Waals surface area contributed by atoms with E-state index in [2.05, 4.69) is 10.3 Å². The van der Waals surface area contributed by atoms with Crippen molar-refractivity contribution in [3.8, 4) is 0 Å². The fraction of sp³-hybridized carbons (Fsp3) is 0.133. The molecule has 0 atom stereocenters. The number of nitrogens with zero attached hydrogens (tertiary/aromatic N) is 2. The average molecular weight is 290 g/mol. The molecular weight excluding hydrogens is 277 g/mol. The predicted octanol–water partition coefficient (Wildman–Crippen LogP) is 3.42. The smallest absolute Gasteiger partial charge is 0.141 e. The Labute approximate surface area is 121 Å². The maximum absolute atomic E-state index is 13.0. The van der Waals surface area contributed by atoms with Crippen molar-refractivity contribution in [3.05, 3.63) is 70.9 Å². The largest absolute Gasteiger partial charge is 0.307 e. The van der Waals surface area contributed by atoms with Crippen LogP contribution in [0.2, 0.25) is 5.02 Å². The van der Waals surface area contributed by atoms with Crippen LogP contribution in [0.15, 0.2) is 48.8 Å². The first-order valence-corrected chi connectivity index (χ1v) is 6.67. The lowest BCUT2D eigenvalue weighted by molar-refractivity contribution is 0.625. The van der Waals surface area contributed by atoms with Gasteiger partial charge in [-0.05, 0) is 29.8 Å². The fourth-order valence-electron chi connectivity index (χ4n) is 2.06. The molecule has 0 aliphatic carbocycles. The van der Waals surface area contributed by atoms with Gasteiger partial charge in [-0.1, -0.05) is 23.7 Å². The third-order valence-electron chi connectivity index (χ3n) is 3.03. The van der Waals surface area contributed by atoms with Crippen LogP contribution < -0.4 is 5.32 Å². The summed E-state index contributed by atoms with van der Waals surface area (Å²) in [5, 5.41) is 3.42. The molecule has 2 aromatic heterocycles. The zero-order valence-electron chi connectivity index (χ0n) is 10.7. The summed E-state index contributed by atoms with van der Waals surface area (Å²) >= 11 is 5.74. The Morgan fingerprint density at radius 1 is 1.20 bits per heavy atom. The molecule has 1 N–H and O–H groups in total. The number of rotatable bonds is 4. The van der Waals surface area contributed by atoms with Gasteiger partial charge in [0.05, 0.1) is 10.7 Å². The van der Waals surface area contributed by atoms with Gasteiger partial charge in [0.25, 0.3) is 0 Å². The maximum Gasteiger partial charge on any atom is 0.141 e. The monoisotopic (exact) mass is 289 g/mol. The van der Waals surface area contributed by atoms with Gasteiger partial charge >= 0.3 is 0 Å². The second-order valence-corrected chi connectivity index (χ2v) is 4.96. The Hall–Kier alpha value is -1.91. The molecule has 0 unspecified atom stereocenters. The molecule has 3 aromatic rings. The number of aromatic nitrogens is 2. The number of nitrogens with one attached hydrogen (secondary N) is 1. The molecule has 0 aliphatic rings. The zero-order valence-corrected chi connectivity index (χ0v) is 11.4. The van der Waals surface area contributed by atoms with Crippen LogP contribution in [0.25, 0.3) is 5.65 Å². The van der Waals surface area contributed by atoms with Crippen LogP contribution in [0.4, 0.5) is 4.39 Å². The van der Waals surface area contributed by atoms with Gasteiger partial charge in [-0.3, -0.25) is 0 Å². The van der Waals surface area contributed by atoms with Crippen molar-refractivity contribution in [3.63, 3.8) is 0 Å². The maximum atomic E-state index is 13.0. The highest BCUT2D eigenvalue weighted by atomic mass is 35.5. The van der Waals surface area contributed by atoms with E-state index in [1.54, 1.807) is 12.1 Å². The van der Waals surface area contributed by atoms with Crippen LogP contribution in [0.5, 0.6) is 0 Å². The number of fused-ring (bicyclic) bond motifs is 1. The third kappa shape index (κ3) is 2.81. The molecule has 20 heavy (non-hydrogen) atoms. The van der Waals surface area contributed by atoms with Gasteiger partial charge in [-0.2, -0.15) is 0 Å². The molecule has 0 amide bonds. The average Bonchev–Trinajstić information content (AvgIpc) is 2.85. The zero-order chi connectivity index (χ0) is 13.9. The summed E-state index contributed by atoms with van der Waals surface area (Å²) < 4.78 is 15.0. The first kappa shape index (κ1) is 13.1. The number of hydrogen-bond acceptors (Lipinski definition) is 2. The summed E-state index contributed by atoms with van der Waals surface area (Å²) in [6, 6.07) is 10.6. The topological polar surface area (TPSA) is 29.3 Å². The number of halogens is 2. The Kier molecular flexibility index (Phi) is 3.67. The summed E-state index contributed by atoms with van der Waals surface area (Å²) in [6.45, 7) is 1.27. The first-order chi connectivity index (χ1) is 9.72. The number of benzene rings is 1. The molecule has 102 valence electrons. The van der Waals surface area contributed by atoms with Crippen LogP contribution in [0, 0.1) is 5.82 Å². The minimum absolute atomic E-state index is 0.150. The molecule has 0 saturated carbocycles. The van der Waals surface area contributed by atoms with Crippen LogP contribution in [-0.4, -0.2) is 9.38 Å². The molecule has 1 aromatic carbocycles. The van der Waals surface area contributed by atoms with Gasteiger partial charge in [0.15, 0.2) is 0 Å². The SMILES string of the molecule is Fc1ccc(CNCc2cn3ccccc3n2)cc1Cl. The summed E-state index contributed by atoms with van der Waals surface area (Å²) in [5.74, 6) is -0.393. The minimum atomic E-state index is -0.393. The van der Waals surface area contributed by atoms with E-state index in [1.165, 1.54) is 6.07 Å². The second kappa shape index (κ2) is 5.61. The van der Waals surface area contributed by atoms with Crippen LogP contribution in [0.3, 0.4) is 0 Å². The fourth-order valence-corrected chi connectivity index (χ4v) is 2.26. The molecule has 5 heteroatoms. The molecule has 0 bridgehead atoms. The number of hydrogen-bond donors (Lipinski definition) is 1. The number of pyridine rings is 1. The van der Waals surface area contributed by atoms with E-state index in [1.807, 2.05) is 35.0 Å². The molecular formula is C15H13ClFN3. The standard InChI is InChI=1S/C15H13ClFN3/c16-13-7-11(4-5-14(13)17)8-18-9-12-10-20-6-2-1-3-15(20)19-12/h1-7,10,18H,8-9H2. The molecule has 0 radical (unpaired) electrons. The highest BCUT2D eigenvalue weighted by molar-refractivity contribution is 6.30. The van der Waals surface area contributed by atoms with Crippen LogP contribution >= 0.6 is 11.6 Å². The molecule has 0 fully saturated rings. The van der Waals surface area contributed by atoms with E-state index in [0.717, 1.165) is 16.9 Å². The van der Waals surface area contributed by atoms with E-state index >= 15 is 0 Å². The molecule has 2 heterocycles. The number of imidazole rings is 1. The highest BCUT2D eigenvalue weighted by Crippen LogP contribution is 2.15. The quantitative estimate of drug-likeness (QED) is 0.797.